The number of rotatable bonds is 3. The molecule has 0 aliphatic carbocycles. The number of urea groups is 1. The number of aryl methyl sites for hydroxylation is 1. The fraction of sp³-hybridized carbons (Fsp3) is 0.545. The van der Waals surface area contributed by atoms with E-state index in [1.165, 1.54) is 16.2 Å². The molecular weight excluding hydrogens is 254 g/mol. The Bertz CT molecular complexity index is 460. The van der Waals surface area contributed by atoms with Crippen LogP contribution in [-0.4, -0.2) is 40.1 Å². The van der Waals surface area contributed by atoms with Crippen molar-refractivity contribution in [2.75, 3.05) is 18.4 Å². The van der Waals surface area contributed by atoms with Crippen molar-refractivity contribution < 1.29 is 14.7 Å². The topological polar surface area (TPSA) is 82.5 Å². The van der Waals surface area contributed by atoms with E-state index in [1.54, 1.807) is 6.20 Å². The Morgan fingerprint density at radius 2 is 2.44 bits per heavy atom. The van der Waals surface area contributed by atoms with E-state index in [9.17, 15) is 9.59 Å². The number of likely N-dealkylation sites (tertiary alicyclic amines) is 1. The second-order valence-corrected chi connectivity index (χ2v) is 5.30. The van der Waals surface area contributed by atoms with E-state index in [0.29, 0.717) is 18.1 Å². The van der Waals surface area contributed by atoms with Crippen LogP contribution in [0.5, 0.6) is 0 Å². The van der Waals surface area contributed by atoms with Gasteiger partial charge in [-0.25, -0.2) is 9.78 Å². The van der Waals surface area contributed by atoms with Gasteiger partial charge in [-0.1, -0.05) is 6.92 Å². The van der Waals surface area contributed by atoms with Gasteiger partial charge >= 0.3 is 12.0 Å². The van der Waals surface area contributed by atoms with Gasteiger partial charge in [-0.15, -0.1) is 11.3 Å². The predicted molar refractivity (Wildman–Crippen MR) is 67.8 cm³/mol. The Balaban J connectivity index is 1.91. The molecule has 1 aliphatic heterocycles. The molecule has 2 heterocycles. The fourth-order valence-electron chi connectivity index (χ4n) is 1.85. The summed E-state index contributed by atoms with van der Waals surface area (Å²) in [6.45, 7) is 2.78. The first-order valence-electron chi connectivity index (χ1n) is 5.83. The molecule has 1 aromatic heterocycles. The maximum Gasteiger partial charge on any atom is 0.323 e. The average Bonchev–Trinajstić information content (AvgIpc) is 2.97. The molecule has 1 atom stereocenters. The summed E-state index contributed by atoms with van der Waals surface area (Å²) in [6, 6.07) is -0.268. The van der Waals surface area contributed by atoms with E-state index >= 15 is 0 Å². The summed E-state index contributed by atoms with van der Waals surface area (Å²) in [5.74, 6) is -1.29. The summed E-state index contributed by atoms with van der Waals surface area (Å²) in [4.78, 5) is 29.4. The fourth-order valence-corrected chi connectivity index (χ4v) is 2.59. The van der Waals surface area contributed by atoms with Gasteiger partial charge < -0.3 is 10.0 Å². The van der Waals surface area contributed by atoms with Gasteiger partial charge in [0.15, 0.2) is 5.13 Å². The number of aromatic nitrogens is 1. The number of nitrogens with zero attached hydrogens (tertiary/aromatic N) is 2. The van der Waals surface area contributed by atoms with Crippen molar-refractivity contribution in [3.63, 3.8) is 0 Å². The number of nitrogens with one attached hydrogen (secondary N) is 1. The van der Waals surface area contributed by atoms with Crippen LogP contribution < -0.4 is 5.32 Å². The molecule has 1 aliphatic rings. The highest BCUT2D eigenvalue weighted by Gasteiger charge is 2.31. The molecule has 1 saturated heterocycles. The summed E-state index contributed by atoms with van der Waals surface area (Å²) < 4.78 is 0. The number of aliphatic carboxylic acids is 1. The number of carboxylic acid groups (broad SMARTS) is 1. The molecule has 0 bridgehead atoms. The van der Waals surface area contributed by atoms with Crippen LogP contribution in [0.25, 0.3) is 0 Å². The third-order valence-electron chi connectivity index (χ3n) is 2.94. The van der Waals surface area contributed by atoms with Crippen molar-refractivity contribution in [1.29, 1.82) is 0 Å². The summed E-state index contributed by atoms with van der Waals surface area (Å²) in [6.07, 6.45) is 3.14. The molecular formula is C11H15N3O3S. The lowest BCUT2D eigenvalue weighted by Gasteiger charge is -2.15. The molecule has 98 valence electrons. The van der Waals surface area contributed by atoms with Crippen LogP contribution in [-0.2, 0) is 11.2 Å². The summed E-state index contributed by atoms with van der Waals surface area (Å²) in [5, 5.41) is 12.1. The number of carbonyl (C=O) groups is 2. The molecule has 1 fully saturated rings. The number of carboxylic acids is 1. The van der Waals surface area contributed by atoms with Gasteiger partial charge in [-0.3, -0.25) is 10.1 Å². The summed E-state index contributed by atoms with van der Waals surface area (Å²) in [7, 11) is 0. The number of amides is 2. The molecule has 0 spiro atoms. The average molecular weight is 269 g/mol. The van der Waals surface area contributed by atoms with Crippen molar-refractivity contribution in [2.24, 2.45) is 5.92 Å². The zero-order valence-corrected chi connectivity index (χ0v) is 10.9. The van der Waals surface area contributed by atoms with Crippen molar-refractivity contribution in [3.8, 4) is 0 Å². The minimum absolute atomic E-state index is 0.268. The molecule has 1 aromatic rings. The standard InChI is InChI=1S/C11H15N3O3S/c1-2-8-5-12-10(18-8)13-11(17)14-4-3-7(6-14)9(15)16/h5,7H,2-4,6H2,1H3,(H,15,16)(H,12,13,17). The second kappa shape index (κ2) is 5.34. The van der Waals surface area contributed by atoms with Crippen molar-refractivity contribution in [2.45, 2.75) is 19.8 Å². The molecule has 0 radical (unpaired) electrons. The smallest absolute Gasteiger partial charge is 0.323 e. The minimum Gasteiger partial charge on any atom is -0.481 e. The number of thiazole rings is 1. The van der Waals surface area contributed by atoms with Gasteiger partial charge in [0.2, 0.25) is 0 Å². The van der Waals surface area contributed by atoms with Gasteiger partial charge in [0.05, 0.1) is 5.92 Å². The highest BCUT2D eigenvalue weighted by Crippen LogP contribution is 2.21. The zero-order valence-electron chi connectivity index (χ0n) is 10.0. The quantitative estimate of drug-likeness (QED) is 0.874. The predicted octanol–water partition coefficient (Wildman–Crippen LogP) is 1.64. The van der Waals surface area contributed by atoms with E-state index in [0.717, 1.165) is 11.3 Å². The molecule has 6 nitrogen and oxygen atoms in total. The molecule has 7 heteroatoms. The Kier molecular flexibility index (Phi) is 3.81. The molecule has 18 heavy (non-hydrogen) atoms. The monoisotopic (exact) mass is 269 g/mol. The van der Waals surface area contributed by atoms with Gasteiger partial charge in [0.1, 0.15) is 0 Å². The van der Waals surface area contributed by atoms with Crippen LogP contribution >= 0.6 is 11.3 Å². The molecule has 0 aromatic carbocycles. The SMILES string of the molecule is CCc1cnc(NC(=O)N2CCC(C(=O)O)C2)s1. The number of carbonyl (C=O) groups excluding carboxylic acids is 1. The van der Waals surface area contributed by atoms with Crippen LogP contribution in [0.15, 0.2) is 6.20 Å². The van der Waals surface area contributed by atoms with Gasteiger partial charge in [-0.05, 0) is 12.8 Å². The van der Waals surface area contributed by atoms with E-state index < -0.39 is 11.9 Å². The second-order valence-electron chi connectivity index (χ2n) is 4.19. The molecule has 1 unspecified atom stereocenters. The van der Waals surface area contributed by atoms with Gasteiger partial charge in [0, 0.05) is 24.2 Å². The Hall–Kier alpha value is -1.63. The van der Waals surface area contributed by atoms with Crippen LogP contribution in [0.1, 0.15) is 18.2 Å². The Labute approximate surface area is 109 Å². The first-order valence-corrected chi connectivity index (χ1v) is 6.65. The highest BCUT2D eigenvalue weighted by molar-refractivity contribution is 7.15. The summed E-state index contributed by atoms with van der Waals surface area (Å²) in [5.41, 5.74) is 0. The van der Waals surface area contributed by atoms with Gasteiger partial charge in [-0.2, -0.15) is 0 Å². The Morgan fingerprint density at radius 3 is 3.00 bits per heavy atom. The lowest BCUT2D eigenvalue weighted by atomic mass is 10.1. The van der Waals surface area contributed by atoms with Crippen LogP contribution in [0.2, 0.25) is 0 Å². The third-order valence-corrected chi connectivity index (χ3v) is 4.00. The molecule has 0 saturated carbocycles. The molecule has 2 rings (SSSR count). The first-order chi connectivity index (χ1) is 8.60. The largest absolute Gasteiger partial charge is 0.481 e. The van der Waals surface area contributed by atoms with Crippen LogP contribution in [0.3, 0.4) is 0 Å². The summed E-state index contributed by atoms with van der Waals surface area (Å²) >= 11 is 1.44. The van der Waals surface area contributed by atoms with Crippen LogP contribution in [0, 0.1) is 5.92 Å². The van der Waals surface area contributed by atoms with Crippen LogP contribution in [0.4, 0.5) is 9.93 Å². The first kappa shape index (κ1) is 12.8. The number of anilines is 1. The van der Waals surface area contributed by atoms with E-state index in [2.05, 4.69) is 10.3 Å². The van der Waals surface area contributed by atoms with E-state index in [1.807, 2.05) is 6.92 Å². The number of hydrogen-bond donors (Lipinski definition) is 2. The van der Waals surface area contributed by atoms with E-state index in [4.69, 9.17) is 5.11 Å². The maximum atomic E-state index is 11.9. The Morgan fingerprint density at radius 1 is 1.67 bits per heavy atom. The minimum atomic E-state index is -0.840. The third kappa shape index (κ3) is 2.79. The lowest BCUT2D eigenvalue weighted by molar-refractivity contribution is -0.141. The van der Waals surface area contributed by atoms with Crippen molar-refractivity contribution in [3.05, 3.63) is 11.1 Å². The molecule has 2 N–H and O–H groups in total. The van der Waals surface area contributed by atoms with Gasteiger partial charge in [0.25, 0.3) is 0 Å². The normalized spacial score (nSPS) is 18.9. The van der Waals surface area contributed by atoms with E-state index in [-0.39, 0.29) is 12.6 Å². The highest BCUT2D eigenvalue weighted by atomic mass is 32.1. The molecule has 2 amide bonds. The van der Waals surface area contributed by atoms with Crippen molar-refractivity contribution in [1.82, 2.24) is 9.88 Å². The lowest BCUT2D eigenvalue weighted by Crippen LogP contribution is -2.33. The zero-order chi connectivity index (χ0) is 13.1. The van der Waals surface area contributed by atoms with Crippen molar-refractivity contribution >= 4 is 28.5 Å². The number of hydrogen-bond acceptors (Lipinski definition) is 4. The maximum absolute atomic E-state index is 11.9.